The van der Waals surface area contributed by atoms with Crippen LogP contribution < -0.4 is 10.1 Å². The molecule has 0 saturated carbocycles. The molecule has 0 radical (unpaired) electrons. The van der Waals surface area contributed by atoms with Crippen LogP contribution in [0.3, 0.4) is 0 Å². The van der Waals surface area contributed by atoms with Crippen molar-refractivity contribution in [2.24, 2.45) is 0 Å². The number of rotatable bonds is 6. The maximum Gasteiger partial charge on any atom is 0.243 e. The first-order valence-electron chi connectivity index (χ1n) is 10.4. The van der Waals surface area contributed by atoms with Crippen molar-refractivity contribution in [3.63, 3.8) is 0 Å². The largest absolute Gasteiger partial charge is 0.485 e. The van der Waals surface area contributed by atoms with Crippen molar-refractivity contribution in [1.82, 2.24) is 9.46 Å². The van der Waals surface area contributed by atoms with Crippen LogP contribution in [0.2, 0.25) is 5.02 Å². The van der Waals surface area contributed by atoms with Crippen LogP contribution in [0.15, 0.2) is 45.8 Å². The number of benzene rings is 2. The summed E-state index contributed by atoms with van der Waals surface area (Å²) in [6.07, 6.45) is -1.01. The highest BCUT2D eigenvalue weighted by Crippen LogP contribution is 2.43. The Morgan fingerprint density at radius 2 is 1.94 bits per heavy atom. The van der Waals surface area contributed by atoms with Crippen molar-refractivity contribution < 1.29 is 22.8 Å². The zero-order valence-corrected chi connectivity index (χ0v) is 19.9. The summed E-state index contributed by atoms with van der Waals surface area (Å²) in [7, 11) is -3.69. The Balaban J connectivity index is 1.81. The minimum absolute atomic E-state index is 0.135. The molecule has 0 unspecified atom stereocenters. The van der Waals surface area contributed by atoms with Crippen molar-refractivity contribution in [1.29, 1.82) is 0 Å². The maximum absolute atomic E-state index is 13.1. The second-order valence-electron chi connectivity index (χ2n) is 8.21. The number of nitrogens with one attached hydrogen (secondary N) is 1. The monoisotopic (exact) mass is 479 g/mol. The number of halogens is 1. The van der Waals surface area contributed by atoms with Crippen LogP contribution in [0, 0.1) is 0 Å². The number of sulfonamides is 1. The fourth-order valence-corrected chi connectivity index (χ4v) is 5.69. The predicted octanol–water partition coefficient (Wildman–Crippen LogP) is 4.20. The highest BCUT2D eigenvalue weighted by molar-refractivity contribution is 7.89. The van der Waals surface area contributed by atoms with E-state index in [1.807, 2.05) is 0 Å². The van der Waals surface area contributed by atoms with E-state index in [9.17, 15) is 13.5 Å². The van der Waals surface area contributed by atoms with Crippen LogP contribution in [0.4, 0.5) is 5.82 Å². The zero-order chi connectivity index (χ0) is 23.3. The van der Waals surface area contributed by atoms with Gasteiger partial charge in [0.05, 0.1) is 21.3 Å². The van der Waals surface area contributed by atoms with Gasteiger partial charge in [-0.05, 0) is 44.2 Å². The van der Waals surface area contributed by atoms with E-state index in [-0.39, 0.29) is 4.90 Å². The quantitative estimate of drug-likeness (QED) is 0.546. The van der Waals surface area contributed by atoms with Gasteiger partial charge < -0.3 is 19.7 Å². The van der Waals surface area contributed by atoms with Gasteiger partial charge >= 0.3 is 0 Å². The number of fused-ring (bicyclic) bond motifs is 2. The summed E-state index contributed by atoms with van der Waals surface area (Å²) in [5.74, 6) is 0.884. The standard InChI is InChI=1S/C22H26ClN3O5S/c1-5-26(6-2)32(28,29)13-10-11-17-15(12-13)18(20(27)22(3,4)30-17)24-21-14-8-7-9-16(23)19(14)31-25-21/h7-12,18,20,27H,5-6H2,1-4H3,(H,24,25)/t18-,20+/m1/s1. The zero-order valence-electron chi connectivity index (χ0n) is 18.3. The van der Waals surface area contributed by atoms with E-state index in [1.165, 1.54) is 10.4 Å². The minimum atomic E-state index is -3.69. The molecule has 0 saturated heterocycles. The van der Waals surface area contributed by atoms with Gasteiger partial charge in [-0.2, -0.15) is 4.31 Å². The SMILES string of the molecule is CCN(CC)S(=O)(=O)c1ccc2c(c1)[C@@H](Nc1noc3c(Cl)cccc13)[C@H](O)C(C)(C)O2. The lowest BCUT2D eigenvalue weighted by Crippen LogP contribution is -2.50. The highest BCUT2D eigenvalue weighted by atomic mass is 35.5. The summed E-state index contributed by atoms with van der Waals surface area (Å²) in [6.45, 7) is 7.84. The van der Waals surface area contributed by atoms with Gasteiger partial charge in [0.25, 0.3) is 0 Å². The Labute approximate surface area is 192 Å². The molecule has 1 aromatic heterocycles. The predicted molar refractivity (Wildman–Crippen MR) is 123 cm³/mol. The fourth-order valence-electron chi connectivity index (χ4n) is 3.99. The lowest BCUT2D eigenvalue weighted by Gasteiger charge is -2.42. The normalized spacial score (nSPS) is 20.2. The molecule has 0 spiro atoms. The smallest absolute Gasteiger partial charge is 0.243 e. The van der Waals surface area contributed by atoms with Crippen molar-refractivity contribution >= 4 is 38.4 Å². The first-order chi connectivity index (χ1) is 15.1. The Kier molecular flexibility index (Phi) is 5.87. The molecular weight excluding hydrogens is 454 g/mol. The van der Waals surface area contributed by atoms with Gasteiger partial charge in [0.1, 0.15) is 17.5 Å². The molecule has 32 heavy (non-hydrogen) atoms. The number of para-hydroxylation sites is 1. The summed E-state index contributed by atoms with van der Waals surface area (Å²) in [5, 5.41) is 19.5. The molecule has 3 aromatic rings. The molecule has 10 heteroatoms. The fraction of sp³-hybridized carbons (Fsp3) is 0.409. The van der Waals surface area contributed by atoms with Crippen molar-refractivity contribution in [3.05, 3.63) is 47.0 Å². The van der Waals surface area contributed by atoms with Gasteiger partial charge in [0.2, 0.25) is 10.0 Å². The molecule has 1 aliphatic heterocycles. The summed E-state index contributed by atoms with van der Waals surface area (Å²) >= 11 is 6.19. The van der Waals surface area contributed by atoms with E-state index in [1.54, 1.807) is 58.0 Å². The Morgan fingerprint density at radius 3 is 2.62 bits per heavy atom. The highest BCUT2D eigenvalue weighted by Gasteiger charge is 2.44. The van der Waals surface area contributed by atoms with Crippen LogP contribution in [0.1, 0.15) is 39.3 Å². The number of aromatic nitrogens is 1. The van der Waals surface area contributed by atoms with Gasteiger partial charge in [-0.1, -0.05) is 36.7 Å². The van der Waals surface area contributed by atoms with Crippen molar-refractivity contribution in [3.8, 4) is 5.75 Å². The van der Waals surface area contributed by atoms with Gasteiger partial charge in [0, 0.05) is 18.7 Å². The molecule has 0 fully saturated rings. The number of nitrogens with zero attached hydrogens (tertiary/aromatic N) is 2. The lowest BCUT2D eigenvalue weighted by atomic mass is 9.86. The van der Waals surface area contributed by atoms with Gasteiger partial charge in [-0.25, -0.2) is 8.42 Å². The van der Waals surface area contributed by atoms with Crippen LogP contribution in [-0.2, 0) is 10.0 Å². The molecule has 2 heterocycles. The number of hydrogen-bond donors (Lipinski definition) is 2. The molecule has 2 N–H and O–H groups in total. The second-order valence-corrected chi connectivity index (χ2v) is 10.6. The minimum Gasteiger partial charge on any atom is -0.485 e. The van der Waals surface area contributed by atoms with Crippen molar-refractivity contribution in [2.75, 3.05) is 18.4 Å². The summed E-state index contributed by atoms with van der Waals surface area (Å²) < 4.78 is 38.9. The number of anilines is 1. The second kappa shape index (κ2) is 8.22. The van der Waals surface area contributed by atoms with Crippen molar-refractivity contribution in [2.45, 2.75) is 50.3 Å². The first kappa shape index (κ1) is 22.8. The van der Waals surface area contributed by atoms with Gasteiger partial charge in [-0.15, -0.1) is 0 Å². The number of ether oxygens (including phenoxy) is 1. The number of aliphatic hydroxyl groups excluding tert-OH is 1. The molecule has 0 amide bonds. The van der Waals surface area contributed by atoms with E-state index in [0.717, 1.165) is 0 Å². The molecule has 2 aromatic carbocycles. The lowest BCUT2D eigenvalue weighted by molar-refractivity contribution is -0.0534. The molecule has 0 bridgehead atoms. The number of aliphatic hydroxyl groups is 1. The topological polar surface area (TPSA) is 105 Å². The summed E-state index contributed by atoms with van der Waals surface area (Å²) in [5.41, 5.74) is 0.0139. The Hall–Kier alpha value is -2.33. The van der Waals surface area contributed by atoms with E-state index in [0.29, 0.717) is 46.2 Å². The van der Waals surface area contributed by atoms with Crippen LogP contribution in [0.25, 0.3) is 11.0 Å². The van der Waals surface area contributed by atoms with Crippen LogP contribution >= 0.6 is 11.6 Å². The van der Waals surface area contributed by atoms with Gasteiger partial charge in [0.15, 0.2) is 11.4 Å². The molecular formula is C22H26ClN3O5S. The van der Waals surface area contributed by atoms with E-state index < -0.39 is 27.8 Å². The molecule has 1 aliphatic rings. The Morgan fingerprint density at radius 1 is 1.22 bits per heavy atom. The molecule has 0 aliphatic carbocycles. The first-order valence-corrected chi connectivity index (χ1v) is 12.2. The van der Waals surface area contributed by atoms with E-state index in [4.69, 9.17) is 20.9 Å². The van der Waals surface area contributed by atoms with Crippen LogP contribution in [0.5, 0.6) is 5.75 Å². The summed E-state index contributed by atoms with van der Waals surface area (Å²) in [4.78, 5) is 0.135. The van der Waals surface area contributed by atoms with E-state index >= 15 is 0 Å². The third kappa shape index (κ3) is 3.73. The summed E-state index contributed by atoms with van der Waals surface area (Å²) in [6, 6.07) is 9.29. The maximum atomic E-state index is 13.1. The van der Waals surface area contributed by atoms with E-state index in [2.05, 4.69) is 10.5 Å². The van der Waals surface area contributed by atoms with Crippen LogP contribution in [-0.4, -0.2) is 47.8 Å². The number of hydrogen-bond acceptors (Lipinski definition) is 7. The molecule has 4 rings (SSSR count). The molecule has 8 nitrogen and oxygen atoms in total. The van der Waals surface area contributed by atoms with Gasteiger partial charge in [-0.3, -0.25) is 0 Å². The average Bonchev–Trinajstić information content (AvgIpc) is 3.16. The molecule has 172 valence electrons. The third-order valence-corrected chi connectivity index (χ3v) is 8.15. The molecule has 2 atom stereocenters. The Bertz CT molecular complexity index is 1250. The average molecular weight is 480 g/mol. The third-order valence-electron chi connectivity index (χ3n) is 5.80.